The summed E-state index contributed by atoms with van der Waals surface area (Å²) >= 11 is 2.99. The number of carbonyl (C=O) groups is 1. The Morgan fingerprint density at radius 3 is 2.46 bits per heavy atom. The number of hydrogen-bond acceptors (Lipinski definition) is 6. The molecule has 1 amide bonds. The van der Waals surface area contributed by atoms with Crippen molar-refractivity contribution in [2.45, 2.75) is 55.5 Å². The molecule has 1 aliphatic rings. The molecule has 26 heavy (non-hydrogen) atoms. The van der Waals surface area contributed by atoms with E-state index in [1.807, 2.05) is 11.8 Å². The summed E-state index contributed by atoms with van der Waals surface area (Å²) in [6, 6.07) is 8.38. The molecule has 0 bridgehead atoms. The molecule has 0 spiro atoms. The molecule has 1 saturated heterocycles. The lowest BCUT2D eigenvalue weighted by Crippen LogP contribution is -2.40. The molecular weight excluding hydrogens is 364 g/mol. The first kappa shape index (κ1) is 19.2. The quantitative estimate of drug-likeness (QED) is 0.711. The number of likely N-dealkylation sites (tertiary alicyclic amines) is 1. The van der Waals surface area contributed by atoms with Gasteiger partial charge in [-0.1, -0.05) is 49.1 Å². The lowest BCUT2D eigenvalue weighted by Gasteiger charge is -2.28. The van der Waals surface area contributed by atoms with E-state index >= 15 is 0 Å². The fraction of sp³-hybridized carbons (Fsp3) is 0.526. The first-order valence-electron chi connectivity index (χ1n) is 9.19. The third-order valence-corrected chi connectivity index (χ3v) is 6.54. The molecule has 1 aromatic carbocycles. The van der Waals surface area contributed by atoms with E-state index < -0.39 is 0 Å². The molecule has 1 atom stereocenters. The van der Waals surface area contributed by atoms with Crippen molar-refractivity contribution < 1.29 is 4.79 Å². The van der Waals surface area contributed by atoms with E-state index in [2.05, 4.69) is 53.6 Å². The maximum atomic E-state index is 12.5. The Labute approximate surface area is 163 Å². The summed E-state index contributed by atoms with van der Waals surface area (Å²) in [4.78, 5) is 14.5. The van der Waals surface area contributed by atoms with E-state index in [4.69, 9.17) is 0 Å². The molecule has 0 unspecified atom stereocenters. The summed E-state index contributed by atoms with van der Waals surface area (Å²) in [5.74, 6) is 0.733. The number of amides is 1. The van der Waals surface area contributed by atoms with Crippen LogP contribution in [-0.2, 0) is 4.79 Å². The van der Waals surface area contributed by atoms with Gasteiger partial charge in [-0.2, -0.15) is 0 Å². The third kappa shape index (κ3) is 4.98. The van der Waals surface area contributed by atoms with Crippen LogP contribution in [-0.4, -0.2) is 39.3 Å². The Hall–Kier alpha value is -1.60. The summed E-state index contributed by atoms with van der Waals surface area (Å²) < 4.78 is 0.823. The first-order chi connectivity index (χ1) is 12.5. The van der Waals surface area contributed by atoms with Gasteiger partial charge in [-0.15, -0.1) is 10.2 Å². The van der Waals surface area contributed by atoms with Gasteiger partial charge in [-0.25, -0.2) is 0 Å². The molecule has 1 aliphatic heterocycles. The number of benzene rings is 1. The van der Waals surface area contributed by atoms with Crippen molar-refractivity contribution in [1.82, 2.24) is 15.1 Å². The third-order valence-electron chi connectivity index (χ3n) is 4.53. The average molecular weight is 391 g/mol. The number of nitrogens with one attached hydrogen (secondary N) is 1. The van der Waals surface area contributed by atoms with E-state index in [-0.39, 0.29) is 11.2 Å². The molecule has 2 aromatic rings. The Morgan fingerprint density at radius 1 is 1.12 bits per heavy atom. The monoisotopic (exact) mass is 390 g/mol. The standard InChI is InChI=1S/C19H26N4OS2/c1-13(2)15-7-9-16(10-8-15)20-18-21-22-19(26-18)25-14(3)17(24)23-11-5-4-6-12-23/h7-10,13-14H,4-6,11-12H2,1-3H3,(H,20,21)/t14-/m1/s1. The maximum Gasteiger partial charge on any atom is 0.235 e. The number of rotatable bonds is 6. The average Bonchev–Trinajstić information content (AvgIpc) is 3.09. The Morgan fingerprint density at radius 2 is 1.81 bits per heavy atom. The second-order valence-electron chi connectivity index (χ2n) is 6.92. The van der Waals surface area contributed by atoms with Gasteiger partial charge in [0.05, 0.1) is 5.25 Å². The zero-order valence-electron chi connectivity index (χ0n) is 15.6. The number of piperidine rings is 1. The molecular formula is C19H26N4OS2. The van der Waals surface area contributed by atoms with Crippen molar-refractivity contribution in [2.75, 3.05) is 18.4 Å². The van der Waals surface area contributed by atoms with Crippen molar-refractivity contribution >= 4 is 39.8 Å². The Balaban J connectivity index is 1.56. The second kappa shape index (κ2) is 8.86. The molecule has 3 rings (SSSR count). The molecule has 1 fully saturated rings. The lowest BCUT2D eigenvalue weighted by atomic mass is 10.0. The van der Waals surface area contributed by atoms with Crippen LogP contribution in [0.3, 0.4) is 0 Å². The summed E-state index contributed by atoms with van der Waals surface area (Å²) in [7, 11) is 0. The van der Waals surface area contributed by atoms with Crippen LogP contribution in [0.15, 0.2) is 28.6 Å². The smallest absolute Gasteiger partial charge is 0.235 e. The van der Waals surface area contributed by atoms with Gasteiger partial charge in [0.1, 0.15) is 0 Å². The first-order valence-corrected chi connectivity index (χ1v) is 10.9. The van der Waals surface area contributed by atoms with E-state index in [1.54, 1.807) is 0 Å². The molecule has 0 saturated carbocycles. The van der Waals surface area contributed by atoms with Gasteiger partial charge in [0, 0.05) is 18.8 Å². The zero-order chi connectivity index (χ0) is 18.5. The van der Waals surface area contributed by atoms with Crippen LogP contribution in [0.5, 0.6) is 0 Å². The highest BCUT2D eigenvalue weighted by atomic mass is 32.2. The number of nitrogens with zero attached hydrogens (tertiary/aromatic N) is 3. The number of thioether (sulfide) groups is 1. The Kier molecular flexibility index (Phi) is 6.53. The highest BCUT2D eigenvalue weighted by Crippen LogP contribution is 2.31. The van der Waals surface area contributed by atoms with Crippen molar-refractivity contribution in [2.24, 2.45) is 0 Å². The molecule has 7 heteroatoms. The highest BCUT2D eigenvalue weighted by Gasteiger charge is 2.24. The number of anilines is 2. The molecule has 0 radical (unpaired) electrons. The van der Waals surface area contributed by atoms with Gasteiger partial charge in [0.2, 0.25) is 11.0 Å². The van der Waals surface area contributed by atoms with Crippen molar-refractivity contribution in [3.63, 3.8) is 0 Å². The van der Waals surface area contributed by atoms with Crippen molar-refractivity contribution in [3.8, 4) is 0 Å². The van der Waals surface area contributed by atoms with Crippen LogP contribution in [0.4, 0.5) is 10.8 Å². The molecule has 140 valence electrons. The van der Waals surface area contributed by atoms with Crippen LogP contribution in [0.2, 0.25) is 0 Å². The van der Waals surface area contributed by atoms with Crippen molar-refractivity contribution in [1.29, 1.82) is 0 Å². The van der Waals surface area contributed by atoms with Gasteiger partial charge < -0.3 is 10.2 Å². The Bertz CT molecular complexity index is 723. The predicted molar refractivity (Wildman–Crippen MR) is 109 cm³/mol. The van der Waals surface area contributed by atoms with Gasteiger partial charge in [0.25, 0.3) is 0 Å². The van der Waals surface area contributed by atoms with Crippen LogP contribution >= 0.6 is 23.1 Å². The minimum atomic E-state index is -0.126. The van der Waals surface area contributed by atoms with Crippen LogP contribution < -0.4 is 5.32 Å². The molecule has 1 aromatic heterocycles. The van der Waals surface area contributed by atoms with E-state index in [0.29, 0.717) is 5.92 Å². The van der Waals surface area contributed by atoms with E-state index in [1.165, 1.54) is 35.1 Å². The maximum absolute atomic E-state index is 12.5. The fourth-order valence-corrected chi connectivity index (χ4v) is 4.96. The predicted octanol–water partition coefficient (Wildman–Crippen LogP) is 4.90. The van der Waals surface area contributed by atoms with Crippen molar-refractivity contribution in [3.05, 3.63) is 29.8 Å². The molecule has 2 heterocycles. The van der Waals surface area contributed by atoms with Crippen LogP contribution in [0.25, 0.3) is 0 Å². The van der Waals surface area contributed by atoms with Gasteiger partial charge in [-0.3, -0.25) is 4.79 Å². The minimum absolute atomic E-state index is 0.126. The van der Waals surface area contributed by atoms with Gasteiger partial charge in [0.15, 0.2) is 4.34 Å². The fourth-order valence-electron chi connectivity index (χ4n) is 2.96. The summed E-state index contributed by atoms with van der Waals surface area (Å²) in [6.07, 6.45) is 3.46. The van der Waals surface area contributed by atoms with Crippen LogP contribution in [0, 0.1) is 0 Å². The molecule has 1 N–H and O–H groups in total. The number of aromatic nitrogens is 2. The molecule has 5 nitrogen and oxygen atoms in total. The highest BCUT2D eigenvalue weighted by molar-refractivity contribution is 8.02. The number of hydrogen-bond donors (Lipinski definition) is 1. The lowest BCUT2D eigenvalue weighted by molar-refractivity contribution is -0.131. The summed E-state index contributed by atoms with van der Waals surface area (Å²) in [6.45, 7) is 8.10. The van der Waals surface area contributed by atoms with Gasteiger partial charge >= 0.3 is 0 Å². The van der Waals surface area contributed by atoms with Crippen LogP contribution in [0.1, 0.15) is 51.5 Å². The summed E-state index contributed by atoms with van der Waals surface area (Å²) in [5.41, 5.74) is 2.31. The SMILES string of the molecule is CC(C)c1ccc(Nc2nnc(S[C@H](C)C(=O)N3CCCCC3)s2)cc1. The number of carbonyl (C=O) groups excluding carboxylic acids is 1. The topological polar surface area (TPSA) is 58.1 Å². The van der Waals surface area contributed by atoms with E-state index in [0.717, 1.165) is 41.1 Å². The normalized spacial score (nSPS) is 15.9. The summed E-state index contributed by atoms with van der Waals surface area (Å²) in [5, 5.41) is 12.3. The second-order valence-corrected chi connectivity index (χ2v) is 9.49. The minimum Gasteiger partial charge on any atom is -0.342 e. The molecule has 0 aliphatic carbocycles. The zero-order valence-corrected chi connectivity index (χ0v) is 17.2. The van der Waals surface area contributed by atoms with E-state index in [9.17, 15) is 4.79 Å². The largest absolute Gasteiger partial charge is 0.342 e. The van der Waals surface area contributed by atoms with Gasteiger partial charge in [-0.05, 0) is 49.8 Å².